The van der Waals surface area contributed by atoms with Gasteiger partial charge in [0, 0.05) is 30.1 Å². The lowest BCUT2D eigenvalue weighted by Crippen LogP contribution is -2.42. The Bertz CT molecular complexity index is 995. The number of rotatable bonds is 4. The standard InChI is InChI=1S/C20H21N5O2/c1-14(12-25-10-5-9-21-25)20(27)24-11-8-16-17(13-24)22-18(23-19(16)26)15-6-3-2-4-7-15/h2-7,9-10,14H,8,11-13H2,1H3,(H,22,23,26). The van der Waals surface area contributed by atoms with Gasteiger partial charge in [-0.2, -0.15) is 5.10 Å². The van der Waals surface area contributed by atoms with Crippen molar-refractivity contribution in [1.82, 2.24) is 24.6 Å². The average molecular weight is 363 g/mol. The summed E-state index contributed by atoms with van der Waals surface area (Å²) in [5.74, 6) is 0.403. The molecule has 1 atom stereocenters. The van der Waals surface area contributed by atoms with Crippen LogP contribution in [0.2, 0.25) is 0 Å². The van der Waals surface area contributed by atoms with Crippen LogP contribution in [-0.2, 0) is 24.3 Å². The number of amides is 1. The highest BCUT2D eigenvalue weighted by molar-refractivity contribution is 5.78. The number of H-pyrrole nitrogens is 1. The topological polar surface area (TPSA) is 83.9 Å². The Labute approximate surface area is 156 Å². The van der Waals surface area contributed by atoms with Gasteiger partial charge in [-0.3, -0.25) is 14.3 Å². The van der Waals surface area contributed by atoms with E-state index in [1.165, 1.54) is 0 Å². The summed E-state index contributed by atoms with van der Waals surface area (Å²) >= 11 is 0. The quantitative estimate of drug-likeness (QED) is 0.767. The van der Waals surface area contributed by atoms with Gasteiger partial charge in [0.2, 0.25) is 5.91 Å². The lowest BCUT2D eigenvalue weighted by molar-refractivity contribution is -0.136. The molecule has 7 nitrogen and oxygen atoms in total. The van der Waals surface area contributed by atoms with E-state index in [1.807, 2.05) is 49.5 Å². The largest absolute Gasteiger partial charge is 0.336 e. The van der Waals surface area contributed by atoms with E-state index in [0.29, 0.717) is 43.1 Å². The lowest BCUT2D eigenvalue weighted by atomic mass is 10.0. The Balaban J connectivity index is 1.56. The van der Waals surface area contributed by atoms with Crippen LogP contribution in [-0.4, -0.2) is 37.1 Å². The Morgan fingerprint density at radius 1 is 1.26 bits per heavy atom. The molecule has 0 aliphatic carbocycles. The second-order valence-corrected chi connectivity index (χ2v) is 6.84. The van der Waals surface area contributed by atoms with Crippen molar-refractivity contribution in [3.8, 4) is 11.4 Å². The third-order valence-corrected chi connectivity index (χ3v) is 4.87. The second-order valence-electron chi connectivity index (χ2n) is 6.84. The number of carbonyl (C=O) groups excluding carboxylic acids is 1. The van der Waals surface area contributed by atoms with Crippen molar-refractivity contribution in [3.05, 3.63) is 70.4 Å². The Morgan fingerprint density at radius 2 is 2.07 bits per heavy atom. The van der Waals surface area contributed by atoms with Crippen molar-refractivity contribution in [1.29, 1.82) is 0 Å². The van der Waals surface area contributed by atoms with Gasteiger partial charge in [-0.15, -0.1) is 0 Å². The zero-order chi connectivity index (χ0) is 18.8. The number of nitrogens with zero attached hydrogens (tertiary/aromatic N) is 4. The summed E-state index contributed by atoms with van der Waals surface area (Å²) < 4.78 is 1.76. The smallest absolute Gasteiger partial charge is 0.254 e. The summed E-state index contributed by atoms with van der Waals surface area (Å²) in [5.41, 5.74) is 2.10. The molecule has 1 aromatic carbocycles. The molecule has 1 amide bonds. The van der Waals surface area contributed by atoms with E-state index in [4.69, 9.17) is 0 Å². The first-order chi connectivity index (χ1) is 13.1. The predicted molar refractivity (Wildman–Crippen MR) is 101 cm³/mol. The highest BCUT2D eigenvalue weighted by atomic mass is 16.2. The number of aromatic amines is 1. The second kappa shape index (κ2) is 7.19. The summed E-state index contributed by atoms with van der Waals surface area (Å²) in [6, 6.07) is 11.4. The van der Waals surface area contributed by atoms with Crippen LogP contribution < -0.4 is 5.56 Å². The fourth-order valence-electron chi connectivity index (χ4n) is 3.44. The summed E-state index contributed by atoms with van der Waals surface area (Å²) in [6.07, 6.45) is 4.07. The number of benzene rings is 1. The summed E-state index contributed by atoms with van der Waals surface area (Å²) in [6.45, 7) is 3.33. The molecule has 7 heteroatoms. The molecule has 0 bridgehead atoms. The monoisotopic (exact) mass is 363 g/mol. The number of carbonyl (C=O) groups is 1. The first-order valence-electron chi connectivity index (χ1n) is 9.05. The number of hydrogen-bond donors (Lipinski definition) is 1. The SMILES string of the molecule is CC(Cn1cccn1)C(=O)N1CCc2c(nc(-c3ccccc3)[nH]c2=O)C1. The highest BCUT2D eigenvalue weighted by Gasteiger charge is 2.27. The summed E-state index contributed by atoms with van der Waals surface area (Å²) in [7, 11) is 0. The van der Waals surface area contributed by atoms with E-state index in [-0.39, 0.29) is 17.4 Å². The Hall–Kier alpha value is -3.22. The van der Waals surface area contributed by atoms with Crippen LogP contribution in [0.5, 0.6) is 0 Å². The van der Waals surface area contributed by atoms with Crippen LogP contribution in [0.1, 0.15) is 18.2 Å². The van der Waals surface area contributed by atoms with Crippen LogP contribution >= 0.6 is 0 Å². The average Bonchev–Trinajstić information content (AvgIpc) is 3.20. The first kappa shape index (κ1) is 17.2. The maximum atomic E-state index is 12.8. The molecule has 4 rings (SSSR count). The highest BCUT2D eigenvalue weighted by Crippen LogP contribution is 2.20. The molecule has 2 aromatic heterocycles. The van der Waals surface area contributed by atoms with Gasteiger partial charge in [-0.05, 0) is 12.5 Å². The number of hydrogen-bond acceptors (Lipinski definition) is 4. The van der Waals surface area contributed by atoms with Gasteiger partial charge >= 0.3 is 0 Å². The van der Waals surface area contributed by atoms with Gasteiger partial charge < -0.3 is 9.88 Å². The van der Waals surface area contributed by atoms with Gasteiger partial charge in [0.05, 0.1) is 24.7 Å². The molecule has 1 unspecified atom stereocenters. The van der Waals surface area contributed by atoms with E-state index in [1.54, 1.807) is 15.8 Å². The molecule has 138 valence electrons. The van der Waals surface area contributed by atoms with Gasteiger partial charge in [0.15, 0.2) is 0 Å². The van der Waals surface area contributed by atoms with Crippen LogP contribution in [0, 0.1) is 5.92 Å². The Morgan fingerprint density at radius 3 is 2.81 bits per heavy atom. The van der Waals surface area contributed by atoms with Crippen LogP contribution in [0.4, 0.5) is 0 Å². The van der Waals surface area contributed by atoms with Crippen molar-refractivity contribution in [3.63, 3.8) is 0 Å². The minimum absolute atomic E-state index is 0.0551. The van der Waals surface area contributed by atoms with Crippen LogP contribution in [0.25, 0.3) is 11.4 Å². The molecule has 1 aliphatic rings. The molecule has 0 saturated carbocycles. The molecular formula is C20H21N5O2. The third kappa shape index (κ3) is 3.53. The fraction of sp³-hybridized carbons (Fsp3) is 0.300. The van der Waals surface area contributed by atoms with E-state index in [2.05, 4.69) is 15.1 Å². The molecule has 0 spiro atoms. The minimum Gasteiger partial charge on any atom is -0.336 e. The van der Waals surface area contributed by atoms with Gasteiger partial charge in [-0.1, -0.05) is 37.3 Å². The molecule has 1 aliphatic heterocycles. The number of nitrogens with one attached hydrogen (secondary N) is 1. The van der Waals surface area contributed by atoms with E-state index in [9.17, 15) is 9.59 Å². The van der Waals surface area contributed by atoms with Crippen molar-refractivity contribution in [2.45, 2.75) is 26.4 Å². The van der Waals surface area contributed by atoms with Crippen LogP contribution in [0.15, 0.2) is 53.6 Å². The van der Waals surface area contributed by atoms with Crippen molar-refractivity contribution in [2.75, 3.05) is 6.54 Å². The summed E-state index contributed by atoms with van der Waals surface area (Å²) in [5, 5.41) is 4.16. The molecule has 3 heterocycles. The predicted octanol–water partition coefficient (Wildman–Crippen LogP) is 1.85. The molecule has 27 heavy (non-hydrogen) atoms. The molecule has 0 fully saturated rings. The molecule has 3 aromatic rings. The van der Waals surface area contributed by atoms with E-state index >= 15 is 0 Å². The van der Waals surface area contributed by atoms with Crippen LogP contribution in [0.3, 0.4) is 0 Å². The van der Waals surface area contributed by atoms with E-state index in [0.717, 1.165) is 5.56 Å². The molecule has 0 radical (unpaired) electrons. The maximum absolute atomic E-state index is 12.8. The van der Waals surface area contributed by atoms with Crippen molar-refractivity contribution < 1.29 is 4.79 Å². The Kier molecular flexibility index (Phi) is 4.58. The first-order valence-corrected chi connectivity index (χ1v) is 9.05. The molecular weight excluding hydrogens is 342 g/mol. The maximum Gasteiger partial charge on any atom is 0.254 e. The van der Waals surface area contributed by atoms with Gasteiger partial charge in [-0.25, -0.2) is 4.98 Å². The zero-order valence-electron chi connectivity index (χ0n) is 15.1. The zero-order valence-corrected chi connectivity index (χ0v) is 15.1. The van der Waals surface area contributed by atoms with Crippen molar-refractivity contribution >= 4 is 5.91 Å². The van der Waals surface area contributed by atoms with Gasteiger partial charge in [0.1, 0.15) is 5.82 Å². The van der Waals surface area contributed by atoms with E-state index < -0.39 is 0 Å². The fourth-order valence-corrected chi connectivity index (χ4v) is 3.44. The minimum atomic E-state index is -0.193. The molecule has 0 saturated heterocycles. The summed E-state index contributed by atoms with van der Waals surface area (Å²) in [4.78, 5) is 34.6. The molecule has 1 N–H and O–H groups in total. The normalized spacial score (nSPS) is 14.6. The number of aromatic nitrogens is 4. The van der Waals surface area contributed by atoms with Crippen molar-refractivity contribution in [2.24, 2.45) is 5.92 Å². The van der Waals surface area contributed by atoms with Gasteiger partial charge in [0.25, 0.3) is 5.56 Å². The number of fused-ring (bicyclic) bond motifs is 1. The lowest BCUT2D eigenvalue weighted by Gasteiger charge is -2.30. The third-order valence-electron chi connectivity index (χ3n) is 4.87.